The van der Waals surface area contributed by atoms with Crippen LogP contribution < -0.4 is 0 Å². The van der Waals surface area contributed by atoms with Crippen LogP contribution in [0.25, 0.3) is 0 Å². The molecule has 0 aromatic heterocycles. The second-order valence-electron chi connectivity index (χ2n) is 6.18. The highest BCUT2D eigenvalue weighted by molar-refractivity contribution is 5.74. The van der Waals surface area contributed by atoms with Gasteiger partial charge in [-0.2, -0.15) is 0 Å². The fraction of sp³-hybridized carbons (Fsp3) is 0.824. The van der Waals surface area contributed by atoms with Crippen molar-refractivity contribution in [2.24, 2.45) is 17.8 Å². The number of unbranched alkanes of at least 4 members (excludes halogenated alkanes) is 6. The molecule has 0 amide bonds. The van der Waals surface area contributed by atoms with E-state index in [0.29, 0.717) is 18.4 Å². The molecule has 0 unspecified atom stereocenters. The Kier molecular flexibility index (Phi) is 5.93. The van der Waals surface area contributed by atoms with Gasteiger partial charge in [-0.3, -0.25) is 4.79 Å². The largest absolute Gasteiger partial charge is 0.465 e. The molecule has 0 heterocycles. The van der Waals surface area contributed by atoms with E-state index in [1.54, 1.807) is 0 Å². The summed E-state index contributed by atoms with van der Waals surface area (Å²) in [6, 6.07) is 0. The van der Waals surface area contributed by atoms with Crippen LogP contribution in [0.4, 0.5) is 0 Å². The summed E-state index contributed by atoms with van der Waals surface area (Å²) in [6.07, 6.45) is 15.6. The van der Waals surface area contributed by atoms with Gasteiger partial charge in [-0.15, -0.1) is 0 Å². The van der Waals surface area contributed by atoms with Crippen LogP contribution in [0.2, 0.25) is 0 Å². The molecule has 108 valence electrons. The molecule has 2 rings (SSSR count). The van der Waals surface area contributed by atoms with Crippen LogP contribution in [0.15, 0.2) is 12.2 Å². The number of allylic oxidation sites excluding steroid dienone is 2. The number of carbonyl (C=O) groups excluding carboxylic acids is 1. The van der Waals surface area contributed by atoms with Gasteiger partial charge in [-0.1, -0.05) is 57.6 Å². The summed E-state index contributed by atoms with van der Waals surface area (Å²) >= 11 is 0. The van der Waals surface area contributed by atoms with Crippen LogP contribution in [0.1, 0.15) is 64.7 Å². The first-order chi connectivity index (χ1) is 9.31. The van der Waals surface area contributed by atoms with Crippen molar-refractivity contribution in [2.45, 2.75) is 64.7 Å². The van der Waals surface area contributed by atoms with Gasteiger partial charge in [-0.05, 0) is 31.1 Å². The lowest BCUT2D eigenvalue weighted by molar-refractivity contribution is -0.149. The minimum Gasteiger partial charge on any atom is -0.465 e. The third-order valence-corrected chi connectivity index (χ3v) is 4.57. The summed E-state index contributed by atoms with van der Waals surface area (Å²) in [4.78, 5) is 12.0. The summed E-state index contributed by atoms with van der Waals surface area (Å²) in [6.45, 7) is 2.87. The highest BCUT2D eigenvalue weighted by Gasteiger charge is 2.40. The molecule has 1 fully saturated rings. The Hall–Kier alpha value is -0.790. The number of ether oxygens (including phenoxy) is 1. The Bertz CT molecular complexity index is 308. The Balaban J connectivity index is 1.47. The number of rotatable bonds is 9. The Labute approximate surface area is 117 Å². The van der Waals surface area contributed by atoms with E-state index in [-0.39, 0.29) is 11.9 Å². The molecule has 2 aliphatic rings. The van der Waals surface area contributed by atoms with E-state index in [9.17, 15) is 4.79 Å². The van der Waals surface area contributed by atoms with Gasteiger partial charge in [0.05, 0.1) is 12.5 Å². The van der Waals surface area contributed by atoms with E-state index >= 15 is 0 Å². The lowest BCUT2D eigenvalue weighted by Crippen LogP contribution is -2.21. The molecule has 0 radical (unpaired) electrons. The monoisotopic (exact) mass is 264 g/mol. The zero-order valence-electron chi connectivity index (χ0n) is 12.3. The first-order valence-electron chi connectivity index (χ1n) is 8.16. The van der Waals surface area contributed by atoms with Gasteiger partial charge in [0.25, 0.3) is 0 Å². The maximum atomic E-state index is 12.0. The Morgan fingerprint density at radius 3 is 2.42 bits per heavy atom. The lowest BCUT2D eigenvalue weighted by atomic mass is 9.94. The molecule has 2 bridgehead atoms. The molecule has 19 heavy (non-hydrogen) atoms. The summed E-state index contributed by atoms with van der Waals surface area (Å²) in [5.74, 6) is 1.36. The van der Waals surface area contributed by atoms with E-state index in [1.165, 1.54) is 44.9 Å². The average molecular weight is 264 g/mol. The SMILES string of the molecule is CCCCCCCCCOC(=O)[C@H]1C[C@H]2C=C[C@@H]1C2. The van der Waals surface area contributed by atoms with Crippen molar-refractivity contribution in [3.63, 3.8) is 0 Å². The molecule has 2 aliphatic carbocycles. The van der Waals surface area contributed by atoms with Crippen molar-refractivity contribution in [1.82, 2.24) is 0 Å². The lowest BCUT2D eigenvalue weighted by Gasteiger charge is -2.16. The minimum absolute atomic E-state index is 0.0582. The summed E-state index contributed by atoms with van der Waals surface area (Å²) in [5, 5.41) is 0. The van der Waals surface area contributed by atoms with Crippen molar-refractivity contribution >= 4 is 5.97 Å². The summed E-state index contributed by atoms with van der Waals surface area (Å²) in [5.41, 5.74) is 0. The van der Waals surface area contributed by atoms with Gasteiger partial charge in [0.15, 0.2) is 0 Å². The highest BCUT2D eigenvalue weighted by atomic mass is 16.5. The molecule has 0 aliphatic heterocycles. The van der Waals surface area contributed by atoms with Crippen LogP contribution >= 0.6 is 0 Å². The smallest absolute Gasteiger partial charge is 0.309 e. The number of fused-ring (bicyclic) bond motifs is 2. The van der Waals surface area contributed by atoms with Crippen molar-refractivity contribution in [1.29, 1.82) is 0 Å². The van der Waals surface area contributed by atoms with Gasteiger partial charge in [0.2, 0.25) is 0 Å². The third kappa shape index (κ3) is 4.36. The van der Waals surface area contributed by atoms with Crippen LogP contribution in [-0.4, -0.2) is 12.6 Å². The molecule has 0 spiro atoms. The topological polar surface area (TPSA) is 26.3 Å². The number of hydrogen-bond donors (Lipinski definition) is 0. The number of carbonyl (C=O) groups is 1. The number of esters is 1. The van der Waals surface area contributed by atoms with Crippen LogP contribution in [0, 0.1) is 17.8 Å². The second kappa shape index (κ2) is 7.72. The zero-order chi connectivity index (χ0) is 13.5. The molecule has 2 heteroatoms. The quantitative estimate of drug-likeness (QED) is 0.348. The molecule has 0 saturated heterocycles. The van der Waals surface area contributed by atoms with E-state index in [1.807, 2.05) is 0 Å². The second-order valence-corrected chi connectivity index (χ2v) is 6.18. The molecule has 3 atom stereocenters. The molecule has 0 aromatic rings. The molecule has 0 N–H and O–H groups in total. The van der Waals surface area contributed by atoms with Crippen molar-refractivity contribution < 1.29 is 9.53 Å². The van der Waals surface area contributed by atoms with Crippen molar-refractivity contribution in [3.05, 3.63) is 12.2 Å². The van der Waals surface area contributed by atoms with E-state index in [2.05, 4.69) is 19.1 Å². The maximum absolute atomic E-state index is 12.0. The standard InChI is InChI=1S/C17H28O2/c1-2-3-4-5-6-7-8-11-19-17(18)16-13-14-9-10-15(16)12-14/h9-10,14-16H,2-8,11-13H2,1H3/t14-,15+,16-/m0/s1. The fourth-order valence-corrected chi connectivity index (χ4v) is 3.39. The van der Waals surface area contributed by atoms with E-state index in [4.69, 9.17) is 4.74 Å². The predicted octanol–water partition coefficient (Wildman–Crippen LogP) is 4.49. The van der Waals surface area contributed by atoms with Gasteiger partial charge >= 0.3 is 5.97 Å². The van der Waals surface area contributed by atoms with Crippen LogP contribution in [0.5, 0.6) is 0 Å². The maximum Gasteiger partial charge on any atom is 0.309 e. The van der Waals surface area contributed by atoms with Crippen LogP contribution in [0.3, 0.4) is 0 Å². The summed E-state index contributed by atoms with van der Waals surface area (Å²) < 4.78 is 5.43. The van der Waals surface area contributed by atoms with Crippen LogP contribution in [-0.2, 0) is 9.53 Å². The average Bonchev–Trinajstić information content (AvgIpc) is 3.04. The first kappa shape index (κ1) is 14.6. The summed E-state index contributed by atoms with van der Waals surface area (Å²) in [7, 11) is 0. The Morgan fingerprint density at radius 1 is 1.05 bits per heavy atom. The molecule has 0 aromatic carbocycles. The third-order valence-electron chi connectivity index (χ3n) is 4.57. The molecule has 2 nitrogen and oxygen atoms in total. The molecular formula is C17H28O2. The first-order valence-corrected chi connectivity index (χ1v) is 8.16. The zero-order valence-corrected chi connectivity index (χ0v) is 12.3. The van der Waals surface area contributed by atoms with Gasteiger partial charge in [-0.25, -0.2) is 0 Å². The van der Waals surface area contributed by atoms with Gasteiger partial charge in [0.1, 0.15) is 0 Å². The highest BCUT2D eigenvalue weighted by Crippen LogP contribution is 2.43. The van der Waals surface area contributed by atoms with E-state index in [0.717, 1.165) is 12.8 Å². The molecular weight excluding hydrogens is 236 g/mol. The van der Waals surface area contributed by atoms with E-state index < -0.39 is 0 Å². The minimum atomic E-state index is 0.0582. The van der Waals surface area contributed by atoms with Crippen molar-refractivity contribution in [3.8, 4) is 0 Å². The predicted molar refractivity (Wildman–Crippen MR) is 77.8 cm³/mol. The van der Waals surface area contributed by atoms with Crippen molar-refractivity contribution in [2.75, 3.05) is 6.61 Å². The number of hydrogen-bond acceptors (Lipinski definition) is 2. The fourth-order valence-electron chi connectivity index (χ4n) is 3.39. The van der Waals surface area contributed by atoms with Gasteiger partial charge < -0.3 is 4.74 Å². The van der Waals surface area contributed by atoms with Gasteiger partial charge in [0, 0.05) is 0 Å². The molecule has 1 saturated carbocycles. The normalized spacial score (nSPS) is 27.9. The Morgan fingerprint density at radius 2 is 1.79 bits per heavy atom.